The lowest BCUT2D eigenvalue weighted by atomic mass is 10.0. The molecule has 0 saturated heterocycles. The van der Waals surface area contributed by atoms with Crippen molar-refractivity contribution < 1.29 is 19.1 Å². The Morgan fingerprint density at radius 3 is 2.20 bits per heavy atom. The molecule has 2 aromatic rings. The number of ether oxygens (including phenoxy) is 2. The molecular weight excluding hydrogens is 318 g/mol. The van der Waals surface area contributed by atoms with E-state index in [0.717, 1.165) is 28.2 Å². The normalized spacial score (nSPS) is 10.2. The molecule has 0 atom stereocenters. The minimum Gasteiger partial charge on any atom is -0.497 e. The zero-order valence-electron chi connectivity index (χ0n) is 14.8. The van der Waals surface area contributed by atoms with Crippen molar-refractivity contribution >= 4 is 11.7 Å². The van der Waals surface area contributed by atoms with E-state index in [4.69, 9.17) is 9.47 Å². The van der Waals surface area contributed by atoms with Crippen LogP contribution >= 0.6 is 0 Å². The standard InChI is InChI=1S/C20H23NO4/c1-14-12-18(25-3)9-6-16(14)13-19(22)20(23)21-11-10-15-4-7-17(24-2)8-5-15/h4-9,12H,10-11,13H2,1-3H3,(H,21,23). The van der Waals surface area contributed by atoms with Gasteiger partial charge in [0.2, 0.25) is 5.78 Å². The van der Waals surface area contributed by atoms with Gasteiger partial charge in [-0.05, 0) is 54.3 Å². The average Bonchev–Trinajstić information content (AvgIpc) is 2.63. The third-order valence-electron chi connectivity index (χ3n) is 4.01. The molecule has 0 aromatic heterocycles. The van der Waals surface area contributed by atoms with E-state index in [1.54, 1.807) is 20.3 Å². The van der Waals surface area contributed by atoms with E-state index in [9.17, 15) is 9.59 Å². The fraction of sp³-hybridized carbons (Fsp3) is 0.300. The molecule has 2 aromatic carbocycles. The van der Waals surface area contributed by atoms with Crippen molar-refractivity contribution in [1.29, 1.82) is 0 Å². The third-order valence-corrected chi connectivity index (χ3v) is 4.01. The number of carbonyl (C=O) groups is 2. The van der Waals surface area contributed by atoms with Crippen LogP contribution in [0.2, 0.25) is 0 Å². The minimum atomic E-state index is -0.552. The van der Waals surface area contributed by atoms with E-state index in [2.05, 4.69) is 5.32 Å². The molecular formula is C20H23NO4. The molecule has 0 heterocycles. The summed E-state index contributed by atoms with van der Waals surface area (Å²) in [7, 11) is 3.21. The van der Waals surface area contributed by atoms with Crippen LogP contribution in [0.1, 0.15) is 16.7 Å². The lowest BCUT2D eigenvalue weighted by Crippen LogP contribution is -2.33. The first-order valence-electron chi connectivity index (χ1n) is 8.11. The summed E-state index contributed by atoms with van der Waals surface area (Å²) >= 11 is 0. The monoisotopic (exact) mass is 341 g/mol. The van der Waals surface area contributed by atoms with Gasteiger partial charge in [-0.15, -0.1) is 0 Å². The predicted octanol–water partition coefficient (Wildman–Crippen LogP) is 2.48. The van der Waals surface area contributed by atoms with Crippen molar-refractivity contribution in [3.05, 3.63) is 59.2 Å². The van der Waals surface area contributed by atoms with Gasteiger partial charge in [0.25, 0.3) is 5.91 Å². The average molecular weight is 341 g/mol. The van der Waals surface area contributed by atoms with Crippen molar-refractivity contribution in [3.63, 3.8) is 0 Å². The van der Waals surface area contributed by atoms with Crippen LogP contribution in [0.3, 0.4) is 0 Å². The summed E-state index contributed by atoms with van der Waals surface area (Å²) in [5.41, 5.74) is 2.83. The highest BCUT2D eigenvalue weighted by atomic mass is 16.5. The van der Waals surface area contributed by atoms with Crippen molar-refractivity contribution in [1.82, 2.24) is 5.32 Å². The van der Waals surface area contributed by atoms with E-state index in [-0.39, 0.29) is 6.42 Å². The molecule has 5 heteroatoms. The Hall–Kier alpha value is -2.82. The lowest BCUT2D eigenvalue weighted by molar-refractivity contribution is -0.137. The first-order chi connectivity index (χ1) is 12.0. The van der Waals surface area contributed by atoms with Gasteiger partial charge in [-0.2, -0.15) is 0 Å². The van der Waals surface area contributed by atoms with Crippen LogP contribution in [-0.4, -0.2) is 32.5 Å². The largest absolute Gasteiger partial charge is 0.497 e. The molecule has 0 radical (unpaired) electrons. The summed E-state index contributed by atoms with van der Waals surface area (Å²) in [5.74, 6) is 0.530. The Morgan fingerprint density at radius 2 is 1.60 bits per heavy atom. The summed E-state index contributed by atoms with van der Waals surface area (Å²) in [5, 5.41) is 2.68. The molecule has 0 bridgehead atoms. The zero-order chi connectivity index (χ0) is 18.2. The second-order valence-corrected chi connectivity index (χ2v) is 5.75. The number of rotatable bonds is 8. The Balaban J connectivity index is 1.82. The van der Waals surface area contributed by atoms with Gasteiger partial charge in [0.05, 0.1) is 14.2 Å². The first kappa shape index (κ1) is 18.5. The molecule has 0 unspecified atom stereocenters. The van der Waals surface area contributed by atoms with Crippen LogP contribution in [0, 0.1) is 6.92 Å². The molecule has 0 aliphatic heterocycles. The number of methoxy groups -OCH3 is 2. The van der Waals surface area contributed by atoms with Crippen LogP contribution in [0.25, 0.3) is 0 Å². The van der Waals surface area contributed by atoms with Gasteiger partial charge in [0.15, 0.2) is 0 Å². The summed E-state index contributed by atoms with van der Waals surface area (Å²) in [6.45, 7) is 2.31. The molecule has 2 rings (SSSR count). The molecule has 5 nitrogen and oxygen atoms in total. The maximum atomic E-state index is 12.1. The van der Waals surface area contributed by atoms with E-state index in [1.165, 1.54) is 0 Å². The summed E-state index contributed by atoms with van der Waals surface area (Å²) < 4.78 is 10.2. The first-order valence-corrected chi connectivity index (χ1v) is 8.11. The molecule has 132 valence electrons. The second-order valence-electron chi connectivity index (χ2n) is 5.75. The van der Waals surface area contributed by atoms with E-state index in [1.807, 2.05) is 43.3 Å². The Kier molecular flexibility index (Phi) is 6.57. The number of ketones is 1. The molecule has 1 amide bonds. The minimum absolute atomic E-state index is 0.0875. The van der Waals surface area contributed by atoms with Crippen LogP contribution in [0.4, 0.5) is 0 Å². The molecule has 25 heavy (non-hydrogen) atoms. The molecule has 0 fully saturated rings. The lowest BCUT2D eigenvalue weighted by Gasteiger charge is -2.08. The second kappa shape index (κ2) is 8.87. The highest BCUT2D eigenvalue weighted by Gasteiger charge is 2.15. The fourth-order valence-corrected chi connectivity index (χ4v) is 2.46. The van der Waals surface area contributed by atoms with Crippen LogP contribution in [0.15, 0.2) is 42.5 Å². The third kappa shape index (κ3) is 5.35. The maximum absolute atomic E-state index is 12.1. The van der Waals surface area contributed by atoms with Gasteiger partial charge in [-0.25, -0.2) is 0 Å². The number of aryl methyl sites for hydroxylation is 1. The number of Topliss-reactive ketones (excluding diaryl/α,β-unsaturated/α-hetero) is 1. The summed E-state index contributed by atoms with van der Waals surface area (Å²) in [6, 6.07) is 13.1. The van der Waals surface area contributed by atoms with Gasteiger partial charge in [-0.1, -0.05) is 18.2 Å². The van der Waals surface area contributed by atoms with Gasteiger partial charge in [0.1, 0.15) is 11.5 Å². The Bertz CT molecular complexity index is 738. The van der Waals surface area contributed by atoms with E-state index in [0.29, 0.717) is 13.0 Å². The highest BCUT2D eigenvalue weighted by Crippen LogP contribution is 2.17. The number of nitrogens with one attached hydrogen (secondary N) is 1. The fourth-order valence-electron chi connectivity index (χ4n) is 2.46. The topological polar surface area (TPSA) is 64.6 Å². The quantitative estimate of drug-likeness (QED) is 0.749. The molecule has 0 spiro atoms. The van der Waals surface area contributed by atoms with Gasteiger partial charge in [0, 0.05) is 13.0 Å². The molecule has 0 saturated carbocycles. The number of hydrogen-bond donors (Lipinski definition) is 1. The van der Waals surface area contributed by atoms with Crippen molar-refractivity contribution in [2.24, 2.45) is 0 Å². The maximum Gasteiger partial charge on any atom is 0.287 e. The highest BCUT2D eigenvalue weighted by molar-refractivity contribution is 6.36. The molecule has 1 N–H and O–H groups in total. The number of carbonyl (C=O) groups excluding carboxylic acids is 2. The van der Waals surface area contributed by atoms with E-state index >= 15 is 0 Å². The van der Waals surface area contributed by atoms with Crippen molar-refractivity contribution in [2.75, 3.05) is 20.8 Å². The Morgan fingerprint density at radius 1 is 0.960 bits per heavy atom. The Labute approximate surface area is 148 Å². The molecule has 0 aliphatic rings. The van der Waals surface area contributed by atoms with Crippen molar-refractivity contribution in [3.8, 4) is 11.5 Å². The van der Waals surface area contributed by atoms with Gasteiger partial charge in [-0.3, -0.25) is 9.59 Å². The van der Waals surface area contributed by atoms with Gasteiger partial charge >= 0.3 is 0 Å². The number of amides is 1. The van der Waals surface area contributed by atoms with Crippen LogP contribution in [-0.2, 0) is 22.4 Å². The summed E-state index contributed by atoms with van der Waals surface area (Å²) in [4.78, 5) is 24.1. The molecule has 0 aliphatic carbocycles. The zero-order valence-corrected chi connectivity index (χ0v) is 14.8. The predicted molar refractivity (Wildman–Crippen MR) is 96.1 cm³/mol. The summed E-state index contributed by atoms with van der Waals surface area (Å²) in [6.07, 6.45) is 0.745. The van der Waals surface area contributed by atoms with Crippen LogP contribution in [0.5, 0.6) is 11.5 Å². The number of benzene rings is 2. The van der Waals surface area contributed by atoms with E-state index < -0.39 is 11.7 Å². The number of hydrogen-bond acceptors (Lipinski definition) is 4. The van der Waals surface area contributed by atoms with Gasteiger partial charge < -0.3 is 14.8 Å². The SMILES string of the molecule is COc1ccc(CCNC(=O)C(=O)Cc2ccc(OC)cc2C)cc1. The van der Waals surface area contributed by atoms with Crippen molar-refractivity contribution in [2.45, 2.75) is 19.8 Å². The van der Waals surface area contributed by atoms with Crippen LogP contribution < -0.4 is 14.8 Å². The smallest absolute Gasteiger partial charge is 0.287 e.